The average Bonchev–Trinajstić information content (AvgIpc) is 2.99. The quantitative estimate of drug-likeness (QED) is 0.899. The lowest BCUT2D eigenvalue weighted by Gasteiger charge is -2.34. The molecule has 1 aliphatic carbocycles. The van der Waals surface area contributed by atoms with Gasteiger partial charge in [-0.3, -0.25) is 0 Å². The maximum absolute atomic E-state index is 6.52. The normalized spacial score (nSPS) is 26.0. The Labute approximate surface area is 133 Å². The molecule has 1 aromatic heterocycles. The number of rotatable bonds is 3. The largest absolute Gasteiger partial charge is 0.334 e. The van der Waals surface area contributed by atoms with Crippen molar-refractivity contribution in [2.75, 3.05) is 0 Å². The van der Waals surface area contributed by atoms with Crippen molar-refractivity contribution >= 4 is 15.9 Å². The Hall–Kier alpha value is -1.20. The zero-order valence-corrected chi connectivity index (χ0v) is 13.8. The maximum Gasteiger partial charge on any atom is 0.258 e. The summed E-state index contributed by atoms with van der Waals surface area (Å²) >= 11 is 3.45. The van der Waals surface area contributed by atoms with Crippen LogP contribution in [0.3, 0.4) is 0 Å². The Morgan fingerprint density at radius 1 is 1.38 bits per heavy atom. The highest BCUT2D eigenvalue weighted by molar-refractivity contribution is 9.10. The standard InChI is InChI=1S/C16H20BrN3O/c1-2-11-6-8-16(18,9-7-11)15-19-14(21-20-15)12-4-3-5-13(17)10-12/h3-5,10-11H,2,6-9,18H2,1H3. The minimum absolute atomic E-state index is 0.431. The van der Waals surface area contributed by atoms with Crippen LogP contribution < -0.4 is 5.73 Å². The van der Waals surface area contributed by atoms with Crippen LogP contribution in [0.15, 0.2) is 33.3 Å². The molecular weight excluding hydrogens is 330 g/mol. The molecule has 0 unspecified atom stereocenters. The fourth-order valence-electron chi connectivity index (χ4n) is 2.99. The van der Waals surface area contributed by atoms with Crippen LogP contribution >= 0.6 is 15.9 Å². The summed E-state index contributed by atoms with van der Waals surface area (Å²) in [5, 5.41) is 4.14. The summed E-state index contributed by atoms with van der Waals surface area (Å²) in [6.45, 7) is 2.24. The first-order valence-corrected chi connectivity index (χ1v) is 8.29. The van der Waals surface area contributed by atoms with Crippen molar-refractivity contribution < 1.29 is 4.52 Å². The molecule has 1 fully saturated rings. The second kappa shape index (κ2) is 5.89. The fraction of sp³-hybridized carbons (Fsp3) is 0.500. The van der Waals surface area contributed by atoms with Crippen molar-refractivity contribution in [3.05, 3.63) is 34.6 Å². The first-order chi connectivity index (χ1) is 10.1. The summed E-state index contributed by atoms with van der Waals surface area (Å²) in [6, 6.07) is 7.85. The zero-order chi connectivity index (χ0) is 14.9. The van der Waals surface area contributed by atoms with Crippen molar-refractivity contribution in [1.29, 1.82) is 0 Å². The van der Waals surface area contributed by atoms with Crippen LogP contribution in [0.1, 0.15) is 44.9 Å². The summed E-state index contributed by atoms with van der Waals surface area (Å²) in [7, 11) is 0. The van der Waals surface area contributed by atoms with E-state index in [1.54, 1.807) is 0 Å². The Balaban J connectivity index is 1.82. The Morgan fingerprint density at radius 2 is 2.14 bits per heavy atom. The molecule has 2 N–H and O–H groups in total. The second-order valence-corrected chi connectivity index (χ2v) is 6.86. The molecule has 112 valence electrons. The molecular formula is C16H20BrN3O. The van der Waals surface area contributed by atoms with Gasteiger partial charge in [-0.05, 0) is 49.8 Å². The summed E-state index contributed by atoms with van der Waals surface area (Å²) < 4.78 is 6.41. The molecule has 0 saturated heterocycles. The van der Waals surface area contributed by atoms with Gasteiger partial charge in [-0.25, -0.2) is 0 Å². The molecule has 0 radical (unpaired) electrons. The highest BCUT2D eigenvalue weighted by Gasteiger charge is 2.36. The van der Waals surface area contributed by atoms with E-state index in [4.69, 9.17) is 10.3 Å². The van der Waals surface area contributed by atoms with Crippen LogP contribution in [0.5, 0.6) is 0 Å². The summed E-state index contributed by atoms with van der Waals surface area (Å²) in [4.78, 5) is 4.54. The van der Waals surface area contributed by atoms with Gasteiger partial charge in [-0.15, -0.1) is 0 Å². The minimum Gasteiger partial charge on any atom is -0.334 e. The van der Waals surface area contributed by atoms with Gasteiger partial charge in [0.25, 0.3) is 5.89 Å². The van der Waals surface area contributed by atoms with E-state index in [1.165, 1.54) is 6.42 Å². The number of hydrogen-bond donors (Lipinski definition) is 1. The lowest BCUT2D eigenvalue weighted by Crippen LogP contribution is -2.41. The average molecular weight is 350 g/mol. The van der Waals surface area contributed by atoms with Crippen LogP contribution in [0.2, 0.25) is 0 Å². The number of hydrogen-bond acceptors (Lipinski definition) is 4. The lowest BCUT2D eigenvalue weighted by molar-refractivity contribution is 0.216. The van der Waals surface area contributed by atoms with Gasteiger partial charge in [-0.1, -0.05) is 40.5 Å². The van der Waals surface area contributed by atoms with Gasteiger partial charge in [-0.2, -0.15) is 4.98 Å². The Morgan fingerprint density at radius 3 is 2.81 bits per heavy atom. The SMILES string of the molecule is CCC1CCC(N)(c2noc(-c3cccc(Br)c3)n2)CC1. The van der Waals surface area contributed by atoms with Crippen LogP contribution in [0, 0.1) is 5.92 Å². The third-order valence-electron chi connectivity index (χ3n) is 4.52. The molecule has 21 heavy (non-hydrogen) atoms. The molecule has 0 amide bonds. The maximum atomic E-state index is 6.52. The van der Waals surface area contributed by atoms with Gasteiger partial charge in [0.15, 0.2) is 5.82 Å². The van der Waals surface area contributed by atoms with Gasteiger partial charge in [0.1, 0.15) is 0 Å². The third-order valence-corrected chi connectivity index (χ3v) is 5.01. The Bertz CT molecular complexity index is 617. The first-order valence-electron chi connectivity index (χ1n) is 7.50. The number of aromatic nitrogens is 2. The molecule has 1 heterocycles. The van der Waals surface area contributed by atoms with E-state index >= 15 is 0 Å². The number of nitrogens with zero attached hydrogens (tertiary/aromatic N) is 2. The molecule has 1 aromatic carbocycles. The minimum atomic E-state index is -0.431. The smallest absolute Gasteiger partial charge is 0.258 e. The van der Waals surface area contributed by atoms with Crippen LogP contribution in [-0.2, 0) is 5.54 Å². The summed E-state index contributed by atoms with van der Waals surface area (Å²) in [5.41, 5.74) is 7.00. The molecule has 0 aliphatic heterocycles. The number of nitrogens with two attached hydrogens (primary N) is 1. The number of benzene rings is 1. The van der Waals surface area contributed by atoms with Crippen LogP contribution in [-0.4, -0.2) is 10.1 Å². The molecule has 4 nitrogen and oxygen atoms in total. The molecule has 1 aliphatic rings. The zero-order valence-electron chi connectivity index (χ0n) is 12.2. The highest BCUT2D eigenvalue weighted by Crippen LogP contribution is 2.38. The van der Waals surface area contributed by atoms with Crippen LogP contribution in [0.4, 0.5) is 0 Å². The van der Waals surface area contributed by atoms with E-state index in [2.05, 4.69) is 33.0 Å². The summed E-state index contributed by atoms with van der Waals surface area (Å²) in [5.74, 6) is 1.97. The Kier molecular flexibility index (Phi) is 4.13. The van der Waals surface area contributed by atoms with Crippen molar-refractivity contribution in [3.63, 3.8) is 0 Å². The monoisotopic (exact) mass is 349 g/mol. The van der Waals surface area contributed by atoms with Gasteiger partial charge in [0.05, 0.1) is 5.54 Å². The number of halogens is 1. The first kappa shape index (κ1) is 14.7. The van der Waals surface area contributed by atoms with Crippen molar-refractivity contribution in [2.24, 2.45) is 11.7 Å². The predicted octanol–water partition coefficient (Wildman–Crippen LogP) is 4.25. The molecule has 0 bridgehead atoms. The third kappa shape index (κ3) is 3.04. The van der Waals surface area contributed by atoms with E-state index in [0.717, 1.165) is 41.6 Å². The van der Waals surface area contributed by atoms with E-state index in [9.17, 15) is 0 Å². The van der Waals surface area contributed by atoms with Crippen molar-refractivity contribution in [3.8, 4) is 11.5 Å². The van der Waals surface area contributed by atoms with Gasteiger partial charge < -0.3 is 10.3 Å². The van der Waals surface area contributed by atoms with Gasteiger partial charge in [0, 0.05) is 10.0 Å². The lowest BCUT2D eigenvalue weighted by atomic mass is 9.76. The summed E-state index contributed by atoms with van der Waals surface area (Å²) in [6.07, 6.45) is 5.39. The molecule has 3 rings (SSSR count). The second-order valence-electron chi connectivity index (χ2n) is 5.94. The van der Waals surface area contributed by atoms with Crippen LogP contribution in [0.25, 0.3) is 11.5 Å². The van der Waals surface area contributed by atoms with E-state index in [1.807, 2.05) is 24.3 Å². The van der Waals surface area contributed by atoms with E-state index in [0.29, 0.717) is 11.7 Å². The topological polar surface area (TPSA) is 64.9 Å². The molecule has 0 atom stereocenters. The molecule has 5 heteroatoms. The van der Waals surface area contributed by atoms with Crippen molar-refractivity contribution in [1.82, 2.24) is 10.1 Å². The fourth-order valence-corrected chi connectivity index (χ4v) is 3.39. The highest BCUT2D eigenvalue weighted by atomic mass is 79.9. The van der Waals surface area contributed by atoms with Crippen molar-refractivity contribution in [2.45, 2.75) is 44.6 Å². The molecule has 2 aromatic rings. The van der Waals surface area contributed by atoms with Gasteiger partial charge in [0.2, 0.25) is 0 Å². The van der Waals surface area contributed by atoms with E-state index in [-0.39, 0.29) is 0 Å². The van der Waals surface area contributed by atoms with E-state index < -0.39 is 5.54 Å². The molecule has 0 spiro atoms. The molecule has 1 saturated carbocycles. The predicted molar refractivity (Wildman–Crippen MR) is 85.5 cm³/mol. The van der Waals surface area contributed by atoms with Gasteiger partial charge >= 0.3 is 0 Å².